The van der Waals surface area contributed by atoms with Crippen LogP contribution in [0, 0.1) is 6.92 Å². The fourth-order valence-electron chi connectivity index (χ4n) is 3.92. The van der Waals surface area contributed by atoms with Gasteiger partial charge in [0.1, 0.15) is 39.2 Å². The first-order chi connectivity index (χ1) is 10.4. The minimum Gasteiger partial charge on any atom is -0.101 e. The molecule has 102 valence electrons. The Morgan fingerprint density at radius 3 is 2.05 bits per heavy atom. The molecule has 0 N–H and O–H groups in total. The van der Waals surface area contributed by atoms with Gasteiger partial charge in [-0.2, -0.15) is 0 Å². The lowest BCUT2D eigenvalue weighted by Gasteiger charge is -2.19. The minimum atomic E-state index is 1.09. The van der Waals surface area contributed by atoms with Gasteiger partial charge in [0.15, 0.2) is 7.28 Å². The largest absolute Gasteiger partial charge is 0.155 e. The molecular weight excluding hydrogens is 257 g/mol. The Morgan fingerprint density at radius 1 is 0.773 bits per heavy atom. The normalized spacial score (nSPS) is 11.2. The van der Waals surface area contributed by atoms with Crippen molar-refractivity contribution in [1.29, 1.82) is 0 Å². The average Bonchev–Trinajstić information content (AvgIpc) is 2.48. The molecule has 0 heterocycles. The molecule has 3 rings (SSSR count). The van der Waals surface area contributed by atoms with Gasteiger partial charge in [-0.15, -0.1) is 5.46 Å². The zero-order valence-electron chi connectivity index (χ0n) is 14.9. The summed E-state index contributed by atoms with van der Waals surface area (Å²) < 4.78 is 0. The average molecular weight is 277 g/mol. The zero-order chi connectivity index (χ0) is 16.2. The van der Waals surface area contributed by atoms with Crippen molar-refractivity contribution in [2.24, 2.45) is 0 Å². The summed E-state index contributed by atoms with van der Waals surface area (Å²) in [5.41, 5.74) is 10.0. The highest BCUT2D eigenvalue weighted by Gasteiger charge is 2.14. The summed E-state index contributed by atoms with van der Waals surface area (Å²) >= 11 is 0. The number of aryl methyl sites for hydroxylation is 1. The van der Waals surface area contributed by atoms with Crippen LogP contribution in [0.3, 0.4) is 0 Å². The van der Waals surface area contributed by atoms with E-state index >= 15 is 0 Å². The fourth-order valence-corrected chi connectivity index (χ4v) is 3.92. The number of hydrogen-bond acceptors (Lipinski definition) is 0. The summed E-state index contributed by atoms with van der Waals surface area (Å²) in [7, 11) is 12.3. The summed E-state index contributed by atoms with van der Waals surface area (Å²) in [5.74, 6) is 0. The third kappa shape index (κ3) is 2.07. The Hall–Kier alpha value is -1.43. The van der Waals surface area contributed by atoms with Crippen LogP contribution < -0.4 is 32.8 Å². The van der Waals surface area contributed by atoms with Crippen LogP contribution >= 0.6 is 0 Å². The molecule has 0 radical (unpaired) electrons. The monoisotopic (exact) mass is 278 g/mol. The molecule has 0 aromatic heterocycles. The van der Waals surface area contributed by atoms with Gasteiger partial charge < -0.3 is 0 Å². The molecule has 22 heavy (non-hydrogen) atoms. The number of rotatable bonds is 1. The topological polar surface area (TPSA) is 0 Å². The summed E-state index contributed by atoms with van der Waals surface area (Å²) in [5, 5.41) is 5.75. The van der Waals surface area contributed by atoms with E-state index in [0.717, 1.165) is 7.28 Å². The van der Waals surface area contributed by atoms with Crippen LogP contribution in [0.25, 0.3) is 21.5 Å². The molecule has 0 atom stereocenters. The van der Waals surface area contributed by atoms with Crippen molar-refractivity contribution in [3.63, 3.8) is 0 Å². The molecule has 0 aliphatic carbocycles. The Labute approximate surface area is 138 Å². The number of benzene rings is 3. The van der Waals surface area contributed by atoms with E-state index in [9.17, 15) is 0 Å². The zero-order valence-corrected chi connectivity index (χ0v) is 14.9. The molecule has 0 saturated carbocycles. The predicted octanol–water partition coefficient (Wildman–Crippen LogP) is -5.30. The Morgan fingerprint density at radius 2 is 1.41 bits per heavy atom. The van der Waals surface area contributed by atoms with Crippen LogP contribution in [0.5, 0.6) is 0 Å². The molecular formula is C16H20B6. The van der Waals surface area contributed by atoms with Crippen LogP contribution in [0.4, 0.5) is 0 Å². The first-order valence-corrected chi connectivity index (χ1v) is 8.29. The second-order valence-corrected chi connectivity index (χ2v) is 6.80. The van der Waals surface area contributed by atoms with Gasteiger partial charge in [0.2, 0.25) is 0 Å². The van der Waals surface area contributed by atoms with Crippen LogP contribution in [0.2, 0.25) is 6.82 Å². The van der Waals surface area contributed by atoms with Crippen molar-refractivity contribution in [3.05, 3.63) is 23.8 Å². The van der Waals surface area contributed by atoms with E-state index in [4.69, 9.17) is 0 Å². The third-order valence-corrected chi connectivity index (χ3v) is 5.60. The van der Waals surface area contributed by atoms with Gasteiger partial charge in [-0.05, 0) is 40.1 Å². The SMILES string of the molecule is Bc1cc2cc3c(B)c(B)cc(BC)c3c(C)c2c(B)c1B. The van der Waals surface area contributed by atoms with Gasteiger partial charge in [-0.25, -0.2) is 0 Å². The molecule has 3 aromatic carbocycles. The molecule has 6 heteroatoms. The second kappa shape index (κ2) is 5.33. The van der Waals surface area contributed by atoms with E-state index in [-0.39, 0.29) is 0 Å². The van der Waals surface area contributed by atoms with Crippen molar-refractivity contribution in [1.82, 2.24) is 0 Å². The van der Waals surface area contributed by atoms with Crippen molar-refractivity contribution < 1.29 is 0 Å². The molecule has 0 bridgehead atoms. The number of fused-ring (bicyclic) bond motifs is 2. The molecule has 0 spiro atoms. The Balaban J connectivity index is 2.64. The molecule has 0 nitrogen and oxygen atoms in total. The highest BCUT2D eigenvalue weighted by atomic mass is 14.1. The summed E-state index contributed by atoms with van der Waals surface area (Å²) in [6.45, 7) is 4.57. The van der Waals surface area contributed by atoms with Crippen LogP contribution in [0.1, 0.15) is 5.56 Å². The van der Waals surface area contributed by atoms with E-state index in [1.54, 1.807) is 0 Å². The van der Waals surface area contributed by atoms with Crippen LogP contribution in [0.15, 0.2) is 18.2 Å². The summed E-state index contributed by atoms with van der Waals surface area (Å²) in [6, 6.07) is 7.16. The van der Waals surface area contributed by atoms with E-state index in [1.807, 2.05) is 0 Å². The first kappa shape index (κ1) is 15.5. The van der Waals surface area contributed by atoms with Gasteiger partial charge in [-0.1, -0.05) is 46.3 Å². The lowest BCUT2D eigenvalue weighted by molar-refractivity contribution is 1.62. The van der Waals surface area contributed by atoms with E-state index in [0.29, 0.717) is 0 Å². The van der Waals surface area contributed by atoms with Crippen molar-refractivity contribution >= 4 is 101 Å². The minimum absolute atomic E-state index is 1.09. The molecule has 0 amide bonds. The Bertz CT molecular complexity index is 930. The van der Waals surface area contributed by atoms with Gasteiger partial charge >= 0.3 is 0 Å². The van der Waals surface area contributed by atoms with Crippen molar-refractivity contribution in [2.75, 3.05) is 0 Å². The summed E-state index contributed by atoms with van der Waals surface area (Å²) in [4.78, 5) is 0. The lowest BCUT2D eigenvalue weighted by atomic mass is 9.64. The first-order valence-electron chi connectivity index (χ1n) is 8.29. The standard InChI is InChI=1S/C16H20B6/c1-6-12-7(4-9(17)15(20)16(12)21)3-8-13(6)11(22-2)5-10(18)14(8)19/h3-5,22H,17-21H2,1-2H3. The maximum Gasteiger partial charge on any atom is 0.155 e. The van der Waals surface area contributed by atoms with Crippen molar-refractivity contribution in [3.8, 4) is 0 Å². The molecule has 0 unspecified atom stereocenters. The number of hydrogen-bond donors (Lipinski definition) is 0. The maximum atomic E-state index is 2.42. The van der Waals surface area contributed by atoms with E-state index < -0.39 is 0 Å². The maximum absolute atomic E-state index is 2.42. The third-order valence-electron chi connectivity index (χ3n) is 5.60. The van der Waals surface area contributed by atoms with E-state index in [2.05, 4.69) is 71.2 Å². The fraction of sp³-hybridized carbons (Fsp3) is 0.125. The van der Waals surface area contributed by atoms with Gasteiger partial charge in [-0.3, -0.25) is 0 Å². The lowest BCUT2D eigenvalue weighted by Crippen LogP contribution is -2.40. The highest BCUT2D eigenvalue weighted by Crippen LogP contribution is 2.23. The quantitative estimate of drug-likeness (QED) is 0.308. The smallest absolute Gasteiger partial charge is 0.101 e. The van der Waals surface area contributed by atoms with Crippen LogP contribution in [-0.2, 0) is 0 Å². The van der Waals surface area contributed by atoms with Crippen LogP contribution in [-0.4, -0.2) is 46.5 Å². The predicted molar refractivity (Wildman–Crippen MR) is 120 cm³/mol. The molecule has 0 saturated heterocycles. The highest BCUT2D eigenvalue weighted by molar-refractivity contribution is 6.63. The molecule has 3 aromatic rings. The summed E-state index contributed by atoms with van der Waals surface area (Å²) in [6.07, 6.45) is 0. The molecule has 0 aliphatic rings. The Kier molecular flexibility index (Phi) is 3.75. The second-order valence-electron chi connectivity index (χ2n) is 6.80. The van der Waals surface area contributed by atoms with Gasteiger partial charge in [0.25, 0.3) is 0 Å². The van der Waals surface area contributed by atoms with E-state index in [1.165, 1.54) is 59.9 Å². The van der Waals surface area contributed by atoms with Gasteiger partial charge in [0, 0.05) is 0 Å². The molecule has 0 aliphatic heterocycles. The molecule has 0 fully saturated rings. The van der Waals surface area contributed by atoms with Gasteiger partial charge in [0.05, 0.1) is 0 Å². The van der Waals surface area contributed by atoms with Crippen molar-refractivity contribution in [2.45, 2.75) is 13.7 Å².